The largest absolute Gasteiger partial charge is 0.508 e. The zero-order valence-corrected chi connectivity index (χ0v) is 20.5. The third-order valence-electron chi connectivity index (χ3n) is 6.40. The second kappa shape index (κ2) is 12.5. The maximum absolute atomic E-state index is 13.4. The molecular formula is C28H35FN2O4. The van der Waals surface area contributed by atoms with Gasteiger partial charge < -0.3 is 20.0 Å². The number of hydrogen-bond donors (Lipinski definition) is 2. The number of unbranched alkanes of at least 4 members (excludes halogenated alkanes) is 2. The average molecular weight is 483 g/mol. The number of rotatable bonds is 12. The minimum Gasteiger partial charge on any atom is -0.508 e. The zero-order chi connectivity index (χ0) is 25.4. The Bertz CT molecular complexity index is 1030. The van der Waals surface area contributed by atoms with E-state index >= 15 is 0 Å². The molecule has 6 nitrogen and oxygen atoms in total. The Morgan fingerprint density at radius 3 is 2.06 bits per heavy atom. The van der Waals surface area contributed by atoms with E-state index in [-0.39, 0.29) is 22.6 Å². The van der Waals surface area contributed by atoms with Crippen molar-refractivity contribution in [2.75, 3.05) is 26.2 Å². The minimum absolute atomic E-state index is 0.0267. The van der Waals surface area contributed by atoms with Gasteiger partial charge in [0, 0.05) is 12.1 Å². The molecule has 0 bridgehead atoms. The quantitative estimate of drug-likeness (QED) is 0.246. The molecule has 1 amide bonds. The summed E-state index contributed by atoms with van der Waals surface area (Å²) >= 11 is 0. The fraction of sp³-hybridized carbons (Fsp3) is 0.429. The van der Waals surface area contributed by atoms with E-state index in [1.54, 1.807) is 12.1 Å². The lowest BCUT2D eigenvalue weighted by molar-refractivity contribution is -0.140. The molecule has 2 aromatic carbocycles. The number of amides is 1. The summed E-state index contributed by atoms with van der Waals surface area (Å²) in [5, 5.41) is 20.8. The summed E-state index contributed by atoms with van der Waals surface area (Å²) in [4.78, 5) is 30.1. The monoisotopic (exact) mass is 482 g/mol. The highest BCUT2D eigenvalue weighted by Crippen LogP contribution is 2.39. The smallest absolute Gasteiger partial charge is 0.295 e. The molecule has 0 aromatic heterocycles. The molecule has 1 aliphatic heterocycles. The summed E-state index contributed by atoms with van der Waals surface area (Å²) < 4.78 is 13.4. The van der Waals surface area contributed by atoms with Crippen molar-refractivity contribution in [1.82, 2.24) is 9.80 Å². The topological polar surface area (TPSA) is 81.1 Å². The van der Waals surface area contributed by atoms with Crippen LogP contribution in [0.1, 0.15) is 63.1 Å². The molecule has 1 aliphatic rings. The van der Waals surface area contributed by atoms with Crippen molar-refractivity contribution in [2.24, 2.45) is 0 Å². The van der Waals surface area contributed by atoms with Crippen LogP contribution in [0.15, 0.2) is 54.1 Å². The molecule has 0 aliphatic carbocycles. The molecule has 1 heterocycles. The third-order valence-corrected chi connectivity index (χ3v) is 6.40. The second-order valence-electron chi connectivity index (χ2n) is 8.99. The number of phenolic OH excluding ortho intramolecular Hbond substituents is 1. The number of Topliss-reactive ketones (excluding diaryl/α,β-unsaturated/α-hetero) is 1. The van der Waals surface area contributed by atoms with Crippen molar-refractivity contribution in [3.8, 4) is 5.75 Å². The van der Waals surface area contributed by atoms with Crippen LogP contribution in [0, 0.1) is 5.82 Å². The van der Waals surface area contributed by atoms with Gasteiger partial charge in [-0.15, -0.1) is 0 Å². The molecule has 3 rings (SSSR count). The van der Waals surface area contributed by atoms with Gasteiger partial charge in [0.25, 0.3) is 11.7 Å². The SMILES string of the molecule is CCCCN(CCCC)CCCN1C(=O)C(=O)C(=C(O)c2ccc(F)cc2)[C@H]1c1ccc(O)cc1. The lowest BCUT2D eigenvalue weighted by atomic mass is 9.95. The molecule has 7 heteroatoms. The van der Waals surface area contributed by atoms with E-state index in [0.29, 0.717) is 18.5 Å². The van der Waals surface area contributed by atoms with E-state index in [2.05, 4.69) is 18.7 Å². The van der Waals surface area contributed by atoms with E-state index in [4.69, 9.17) is 0 Å². The molecule has 2 aromatic rings. The number of carbonyl (C=O) groups is 2. The van der Waals surface area contributed by atoms with Crippen molar-refractivity contribution in [2.45, 2.75) is 52.0 Å². The summed E-state index contributed by atoms with van der Waals surface area (Å²) in [6.07, 6.45) is 5.13. The highest BCUT2D eigenvalue weighted by atomic mass is 19.1. The maximum atomic E-state index is 13.4. The molecule has 1 atom stereocenters. The Kier molecular flexibility index (Phi) is 9.43. The van der Waals surface area contributed by atoms with Gasteiger partial charge in [-0.05, 0) is 80.9 Å². The first-order valence-corrected chi connectivity index (χ1v) is 12.4. The van der Waals surface area contributed by atoms with Crippen LogP contribution in [-0.2, 0) is 9.59 Å². The summed E-state index contributed by atoms with van der Waals surface area (Å²) in [5.74, 6) is -2.17. The number of phenols is 1. The van der Waals surface area contributed by atoms with E-state index in [1.807, 2.05) is 0 Å². The first-order valence-electron chi connectivity index (χ1n) is 12.4. The van der Waals surface area contributed by atoms with Crippen LogP contribution in [0.25, 0.3) is 5.76 Å². The van der Waals surface area contributed by atoms with Crippen LogP contribution >= 0.6 is 0 Å². The summed E-state index contributed by atoms with van der Waals surface area (Å²) in [6.45, 7) is 7.49. The normalized spacial score (nSPS) is 17.5. The highest BCUT2D eigenvalue weighted by molar-refractivity contribution is 6.46. The first-order chi connectivity index (χ1) is 16.9. The van der Waals surface area contributed by atoms with Gasteiger partial charge in [-0.1, -0.05) is 38.8 Å². The van der Waals surface area contributed by atoms with Crippen LogP contribution in [0.4, 0.5) is 4.39 Å². The zero-order valence-electron chi connectivity index (χ0n) is 20.5. The number of nitrogens with zero attached hydrogens (tertiary/aromatic N) is 2. The Hall–Kier alpha value is -3.19. The fourth-order valence-corrected chi connectivity index (χ4v) is 4.44. The van der Waals surface area contributed by atoms with Crippen molar-refractivity contribution in [1.29, 1.82) is 0 Å². The average Bonchev–Trinajstić information content (AvgIpc) is 3.10. The first kappa shape index (κ1) is 26.4. The number of aliphatic hydroxyl groups excluding tert-OH is 1. The number of benzene rings is 2. The van der Waals surface area contributed by atoms with Gasteiger partial charge in [0.2, 0.25) is 0 Å². The maximum Gasteiger partial charge on any atom is 0.295 e. The van der Waals surface area contributed by atoms with Crippen LogP contribution in [0.2, 0.25) is 0 Å². The number of carbonyl (C=O) groups excluding carboxylic acids is 2. The fourth-order valence-electron chi connectivity index (χ4n) is 4.44. The highest BCUT2D eigenvalue weighted by Gasteiger charge is 2.45. The number of ketones is 1. The Morgan fingerprint density at radius 2 is 1.49 bits per heavy atom. The molecule has 1 fully saturated rings. The molecule has 35 heavy (non-hydrogen) atoms. The van der Waals surface area contributed by atoms with Crippen LogP contribution in [-0.4, -0.2) is 57.9 Å². The van der Waals surface area contributed by atoms with Crippen LogP contribution in [0.5, 0.6) is 5.75 Å². The molecule has 2 N–H and O–H groups in total. The van der Waals surface area contributed by atoms with E-state index in [0.717, 1.165) is 45.3 Å². The Balaban J connectivity index is 1.90. The predicted molar refractivity (Wildman–Crippen MR) is 134 cm³/mol. The van der Waals surface area contributed by atoms with E-state index in [9.17, 15) is 24.2 Å². The standard InChI is InChI=1S/C28H35FN2O4/c1-3-5-16-30(17-6-4-2)18-7-19-31-25(20-10-14-23(32)15-11-20)24(27(34)28(31)35)26(33)21-8-12-22(29)13-9-21/h8-15,25,32-33H,3-7,16-19H2,1-2H3/t25-/m1/s1. The predicted octanol–water partition coefficient (Wildman–Crippen LogP) is 5.25. The molecule has 0 unspecified atom stereocenters. The lowest BCUT2D eigenvalue weighted by Crippen LogP contribution is -2.34. The number of hydrogen-bond acceptors (Lipinski definition) is 5. The number of aliphatic hydroxyl groups is 1. The van der Waals surface area contributed by atoms with Gasteiger partial charge in [-0.3, -0.25) is 9.59 Å². The molecule has 0 saturated carbocycles. The van der Waals surface area contributed by atoms with E-state index < -0.39 is 23.5 Å². The molecule has 1 saturated heterocycles. The van der Waals surface area contributed by atoms with Gasteiger partial charge in [0.1, 0.15) is 17.3 Å². The second-order valence-corrected chi connectivity index (χ2v) is 8.99. The summed E-state index contributed by atoms with van der Waals surface area (Å²) in [7, 11) is 0. The van der Waals surface area contributed by atoms with Gasteiger partial charge in [-0.25, -0.2) is 4.39 Å². The number of halogens is 1. The molecule has 188 valence electrons. The molecule has 0 radical (unpaired) electrons. The van der Waals surface area contributed by atoms with Crippen molar-refractivity contribution >= 4 is 17.4 Å². The third kappa shape index (κ3) is 6.48. The number of likely N-dealkylation sites (tertiary alicyclic amines) is 1. The van der Waals surface area contributed by atoms with Gasteiger partial charge in [0.15, 0.2) is 0 Å². The number of aromatic hydroxyl groups is 1. The van der Waals surface area contributed by atoms with Crippen LogP contribution in [0.3, 0.4) is 0 Å². The lowest BCUT2D eigenvalue weighted by Gasteiger charge is -2.27. The van der Waals surface area contributed by atoms with E-state index in [1.165, 1.54) is 41.3 Å². The van der Waals surface area contributed by atoms with Crippen molar-refractivity contribution in [3.05, 3.63) is 71.0 Å². The van der Waals surface area contributed by atoms with Gasteiger partial charge in [0.05, 0.1) is 11.6 Å². The minimum atomic E-state index is -0.791. The van der Waals surface area contributed by atoms with Gasteiger partial charge in [-0.2, -0.15) is 0 Å². The Morgan fingerprint density at radius 1 is 0.914 bits per heavy atom. The van der Waals surface area contributed by atoms with Crippen molar-refractivity contribution in [3.63, 3.8) is 0 Å². The molecular weight excluding hydrogens is 447 g/mol. The van der Waals surface area contributed by atoms with Gasteiger partial charge >= 0.3 is 0 Å². The Labute approximate surface area is 206 Å². The summed E-state index contributed by atoms with van der Waals surface area (Å²) in [6, 6.07) is 10.6. The van der Waals surface area contributed by atoms with Crippen molar-refractivity contribution < 1.29 is 24.2 Å². The van der Waals surface area contributed by atoms with Crippen LogP contribution < -0.4 is 0 Å². The summed E-state index contributed by atoms with van der Waals surface area (Å²) in [5.41, 5.74) is 0.846. The molecule has 0 spiro atoms.